The number of benzene rings is 2. The molecule has 0 aromatic heterocycles. The van der Waals surface area contributed by atoms with E-state index in [1.807, 2.05) is 31.2 Å². The third-order valence-corrected chi connectivity index (χ3v) is 3.52. The van der Waals surface area contributed by atoms with Crippen LogP contribution in [-0.2, 0) is 6.54 Å². The van der Waals surface area contributed by atoms with Gasteiger partial charge in [0, 0.05) is 16.7 Å². The minimum absolute atomic E-state index is 0.0490. The molecule has 2 aromatic carbocycles. The summed E-state index contributed by atoms with van der Waals surface area (Å²) >= 11 is 3.51. The van der Waals surface area contributed by atoms with Crippen LogP contribution in [0.4, 0.5) is 10.1 Å². The molecule has 0 atom stereocenters. The van der Waals surface area contributed by atoms with Crippen LogP contribution < -0.4 is 5.32 Å². The number of hydrogen-bond donors (Lipinski definition) is 1. The number of nitrogens with one attached hydrogen (secondary N) is 1. The highest BCUT2D eigenvalue weighted by Gasteiger charge is 2.04. The predicted molar refractivity (Wildman–Crippen MR) is 77.3 cm³/mol. The molecule has 2 nitrogen and oxygen atoms in total. The second-order valence-corrected chi connectivity index (χ2v) is 5.11. The van der Waals surface area contributed by atoms with Crippen molar-refractivity contribution in [3.63, 3.8) is 0 Å². The van der Waals surface area contributed by atoms with Gasteiger partial charge in [0.05, 0.1) is 5.56 Å². The summed E-state index contributed by atoms with van der Waals surface area (Å²) in [6.45, 7) is 2.64. The third-order valence-electron chi connectivity index (χ3n) is 2.78. The van der Waals surface area contributed by atoms with Crippen molar-refractivity contribution in [2.45, 2.75) is 13.5 Å². The molecule has 2 aromatic rings. The molecule has 0 aliphatic rings. The van der Waals surface area contributed by atoms with Crippen molar-refractivity contribution in [2.75, 3.05) is 5.32 Å². The average Bonchev–Trinajstić information content (AvgIpc) is 2.39. The number of halogens is 2. The fraction of sp³-hybridized carbons (Fsp3) is 0.133. The van der Waals surface area contributed by atoms with E-state index in [2.05, 4.69) is 21.2 Å². The van der Waals surface area contributed by atoms with E-state index in [-0.39, 0.29) is 5.56 Å². The Morgan fingerprint density at radius 1 is 1.26 bits per heavy atom. The Kier molecular flexibility index (Phi) is 4.18. The van der Waals surface area contributed by atoms with Gasteiger partial charge < -0.3 is 5.32 Å². The van der Waals surface area contributed by atoms with Crippen LogP contribution in [0, 0.1) is 24.1 Å². The number of hydrogen-bond acceptors (Lipinski definition) is 2. The van der Waals surface area contributed by atoms with E-state index in [0.29, 0.717) is 6.54 Å². The molecule has 0 spiro atoms. The van der Waals surface area contributed by atoms with Crippen molar-refractivity contribution in [2.24, 2.45) is 0 Å². The van der Waals surface area contributed by atoms with Crippen LogP contribution in [0.25, 0.3) is 0 Å². The van der Waals surface area contributed by atoms with Crippen LogP contribution >= 0.6 is 15.9 Å². The molecule has 0 aliphatic carbocycles. The fourth-order valence-electron chi connectivity index (χ4n) is 1.71. The lowest BCUT2D eigenvalue weighted by molar-refractivity contribution is 0.624. The molecule has 0 bridgehead atoms. The maximum absolute atomic E-state index is 13.2. The Hall–Kier alpha value is -1.86. The molecule has 0 saturated carbocycles. The molecule has 2 rings (SSSR count). The van der Waals surface area contributed by atoms with Crippen molar-refractivity contribution in [1.82, 2.24) is 0 Å². The average molecular weight is 319 g/mol. The minimum Gasteiger partial charge on any atom is -0.381 e. The molecule has 4 heteroatoms. The maximum Gasteiger partial charge on any atom is 0.141 e. The van der Waals surface area contributed by atoms with Gasteiger partial charge in [-0.1, -0.05) is 28.1 Å². The standard InChI is InChI=1S/C15H12BrFN2/c1-10-2-3-11(14(16)6-10)9-19-13-4-5-15(17)12(7-13)8-18/h2-7,19H,9H2,1H3. The van der Waals surface area contributed by atoms with Gasteiger partial charge in [0.1, 0.15) is 11.9 Å². The quantitative estimate of drug-likeness (QED) is 0.911. The summed E-state index contributed by atoms with van der Waals surface area (Å²) in [7, 11) is 0. The summed E-state index contributed by atoms with van der Waals surface area (Å²) in [4.78, 5) is 0. The molecule has 0 saturated heterocycles. The van der Waals surface area contributed by atoms with Gasteiger partial charge in [-0.05, 0) is 42.3 Å². The van der Waals surface area contributed by atoms with Gasteiger partial charge in [0.15, 0.2) is 0 Å². The number of aryl methyl sites for hydroxylation is 1. The van der Waals surface area contributed by atoms with E-state index >= 15 is 0 Å². The zero-order valence-electron chi connectivity index (χ0n) is 10.4. The van der Waals surface area contributed by atoms with E-state index in [1.165, 1.54) is 17.7 Å². The second kappa shape index (κ2) is 5.85. The molecule has 0 radical (unpaired) electrons. The lowest BCUT2D eigenvalue weighted by Crippen LogP contribution is -2.01. The molecule has 0 fully saturated rings. The highest BCUT2D eigenvalue weighted by Crippen LogP contribution is 2.20. The van der Waals surface area contributed by atoms with Crippen LogP contribution in [-0.4, -0.2) is 0 Å². The van der Waals surface area contributed by atoms with Gasteiger partial charge >= 0.3 is 0 Å². The highest BCUT2D eigenvalue weighted by atomic mass is 79.9. The Balaban J connectivity index is 2.13. The Labute approximate surface area is 120 Å². The largest absolute Gasteiger partial charge is 0.381 e. The van der Waals surface area contributed by atoms with Crippen molar-refractivity contribution in [3.05, 3.63) is 63.4 Å². The van der Waals surface area contributed by atoms with Crippen molar-refractivity contribution < 1.29 is 4.39 Å². The molecule has 96 valence electrons. The molecule has 0 unspecified atom stereocenters. The van der Waals surface area contributed by atoms with E-state index in [0.717, 1.165) is 15.7 Å². The zero-order valence-corrected chi connectivity index (χ0v) is 12.0. The molecular formula is C15H12BrFN2. The van der Waals surface area contributed by atoms with Gasteiger partial charge in [0.2, 0.25) is 0 Å². The molecule has 0 heterocycles. The summed E-state index contributed by atoms with van der Waals surface area (Å²) in [5.41, 5.74) is 3.07. The summed E-state index contributed by atoms with van der Waals surface area (Å²) in [5.74, 6) is -0.496. The van der Waals surface area contributed by atoms with Crippen LogP contribution in [0.5, 0.6) is 0 Å². The summed E-state index contributed by atoms with van der Waals surface area (Å²) in [5, 5.41) is 12.0. The van der Waals surface area contributed by atoms with Gasteiger partial charge in [0.25, 0.3) is 0 Å². The lowest BCUT2D eigenvalue weighted by Gasteiger charge is -2.09. The van der Waals surface area contributed by atoms with Crippen molar-refractivity contribution >= 4 is 21.6 Å². The van der Waals surface area contributed by atoms with E-state index < -0.39 is 5.82 Å². The van der Waals surface area contributed by atoms with Crippen LogP contribution in [0.2, 0.25) is 0 Å². The fourth-order valence-corrected chi connectivity index (χ4v) is 2.35. The maximum atomic E-state index is 13.2. The first-order valence-electron chi connectivity index (χ1n) is 5.78. The Morgan fingerprint density at radius 2 is 2.05 bits per heavy atom. The summed E-state index contributed by atoms with van der Waals surface area (Å²) < 4.78 is 14.2. The van der Waals surface area contributed by atoms with E-state index in [9.17, 15) is 4.39 Å². The normalized spacial score (nSPS) is 10.0. The Morgan fingerprint density at radius 3 is 2.74 bits per heavy atom. The molecule has 19 heavy (non-hydrogen) atoms. The van der Waals surface area contributed by atoms with Crippen molar-refractivity contribution in [1.29, 1.82) is 5.26 Å². The van der Waals surface area contributed by atoms with Crippen LogP contribution in [0.15, 0.2) is 40.9 Å². The topological polar surface area (TPSA) is 35.8 Å². The summed E-state index contributed by atoms with van der Waals surface area (Å²) in [6, 6.07) is 12.4. The first-order chi connectivity index (χ1) is 9.10. The minimum atomic E-state index is -0.496. The van der Waals surface area contributed by atoms with Crippen LogP contribution in [0.1, 0.15) is 16.7 Å². The predicted octanol–water partition coefficient (Wildman–Crippen LogP) is 4.38. The highest BCUT2D eigenvalue weighted by molar-refractivity contribution is 9.10. The third kappa shape index (κ3) is 3.33. The zero-order chi connectivity index (χ0) is 13.8. The monoisotopic (exact) mass is 318 g/mol. The number of rotatable bonds is 3. The molecular weight excluding hydrogens is 307 g/mol. The lowest BCUT2D eigenvalue weighted by atomic mass is 10.1. The summed E-state index contributed by atoms with van der Waals surface area (Å²) in [6.07, 6.45) is 0. The van der Waals surface area contributed by atoms with Gasteiger partial charge in [-0.2, -0.15) is 5.26 Å². The second-order valence-electron chi connectivity index (χ2n) is 4.25. The first kappa shape index (κ1) is 13.6. The van der Waals surface area contributed by atoms with Gasteiger partial charge in [-0.15, -0.1) is 0 Å². The van der Waals surface area contributed by atoms with E-state index in [1.54, 1.807) is 6.07 Å². The molecule has 0 aliphatic heterocycles. The van der Waals surface area contributed by atoms with Crippen LogP contribution in [0.3, 0.4) is 0 Å². The number of nitriles is 1. The van der Waals surface area contributed by atoms with E-state index in [4.69, 9.17) is 5.26 Å². The molecule has 1 N–H and O–H groups in total. The number of nitrogens with zero attached hydrogens (tertiary/aromatic N) is 1. The van der Waals surface area contributed by atoms with Crippen molar-refractivity contribution in [3.8, 4) is 6.07 Å². The number of anilines is 1. The van der Waals surface area contributed by atoms with Gasteiger partial charge in [-0.25, -0.2) is 4.39 Å². The first-order valence-corrected chi connectivity index (χ1v) is 6.58. The molecule has 0 amide bonds. The SMILES string of the molecule is Cc1ccc(CNc2ccc(F)c(C#N)c2)c(Br)c1. The Bertz CT molecular complexity index is 647. The smallest absolute Gasteiger partial charge is 0.141 e. The van der Waals surface area contributed by atoms with Gasteiger partial charge in [-0.3, -0.25) is 0 Å².